The molecule has 1 saturated carbocycles. The van der Waals surface area contributed by atoms with Crippen LogP contribution in [0.15, 0.2) is 0 Å². The fourth-order valence-corrected chi connectivity index (χ4v) is 3.28. The van der Waals surface area contributed by atoms with Crippen molar-refractivity contribution in [1.82, 2.24) is 10.2 Å². The number of aliphatic carboxylic acids is 1. The average molecular weight is 282 g/mol. The summed E-state index contributed by atoms with van der Waals surface area (Å²) in [5, 5.41) is 12.1. The molecule has 0 aromatic heterocycles. The number of rotatable bonds is 3. The minimum Gasteiger partial charge on any atom is -0.480 e. The highest BCUT2D eigenvalue weighted by Crippen LogP contribution is 2.27. The van der Waals surface area contributed by atoms with Crippen molar-refractivity contribution in [3.05, 3.63) is 0 Å². The van der Waals surface area contributed by atoms with E-state index in [2.05, 4.69) is 12.2 Å². The van der Waals surface area contributed by atoms with Crippen molar-refractivity contribution in [2.75, 3.05) is 13.1 Å². The first kappa shape index (κ1) is 15.1. The molecule has 0 aromatic rings. The van der Waals surface area contributed by atoms with Crippen LogP contribution in [0.3, 0.4) is 0 Å². The van der Waals surface area contributed by atoms with E-state index >= 15 is 0 Å². The maximum Gasteiger partial charge on any atom is 0.326 e. The van der Waals surface area contributed by atoms with Gasteiger partial charge in [-0.3, -0.25) is 0 Å². The van der Waals surface area contributed by atoms with Crippen molar-refractivity contribution >= 4 is 12.0 Å². The summed E-state index contributed by atoms with van der Waals surface area (Å²) in [7, 11) is 0. The third-order valence-electron chi connectivity index (χ3n) is 4.74. The molecule has 2 N–H and O–H groups in total. The molecule has 1 saturated heterocycles. The highest BCUT2D eigenvalue weighted by Gasteiger charge is 2.32. The van der Waals surface area contributed by atoms with E-state index in [0.29, 0.717) is 5.92 Å². The second kappa shape index (κ2) is 6.95. The summed E-state index contributed by atoms with van der Waals surface area (Å²) in [6.45, 7) is 3.67. The van der Waals surface area contributed by atoms with E-state index in [-0.39, 0.29) is 11.9 Å². The fraction of sp³-hybridized carbons (Fsp3) is 0.867. The Labute approximate surface area is 120 Å². The monoisotopic (exact) mass is 282 g/mol. The first-order valence-electron chi connectivity index (χ1n) is 7.86. The number of piperidine rings is 1. The first-order valence-corrected chi connectivity index (χ1v) is 7.86. The Morgan fingerprint density at radius 3 is 2.25 bits per heavy atom. The Kier molecular flexibility index (Phi) is 5.26. The van der Waals surface area contributed by atoms with Crippen LogP contribution in [0.2, 0.25) is 0 Å². The lowest BCUT2D eigenvalue weighted by Crippen LogP contribution is -2.52. The molecule has 1 unspecified atom stereocenters. The normalized spacial score (nSPS) is 23.4. The number of nitrogens with one attached hydrogen (secondary N) is 1. The molecule has 0 spiro atoms. The van der Waals surface area contributed by atoms with Gasteiger partial charge in [-0.25, -0.2) is 9.59 Å². The van der Waals surface area contributed by atoms with Crippen molar-refractivity contribution < 1.29 is 14.7 Å². The molecule has 5 heteroatoms. The van der Waals surface area contributed by atoms with Gasteiger partial charge < -0.3 is 15.3 Å². The summed E-state index contributed by atoms with van der Waals surface area (Å²) in [5.74, 6) is -0.141. The summed E-state index contributed by atoms with van der Waals surface area (Å²) >= 11 is 0. The summed E-state index contributed by atoms with van der Waals surface area (Å²) in [5.41, 5.74) is 0. The van der Waals surface area contributed by atoms with E-state index < -0.39 is 12.0 Å². The SMILES string of the molecule is CC1CCN(C(=O)NC(C(=O)O)C2CCCCC2)CC1. The number of amides is 2. The molecule has 0 bridgehead atoms. The lowest BCUT2D eigenvalue weighted by atomic mass is 9.84. The molecule has 2 rings (SSSR count). The van der Waals surface area contributed by atoms with E-state index in [0.717, 1.165) is 51.6 Å². The molecule has 0 radical (unpaired) electrons. The number of hydrogen-bond acceptors (Lipinski definition) is 2. The average Bonchev–Trinajstić information content (AvgIpc) is 2.46. The van der Waals surface area contributed by atoms with Gasteiger partial charge in [-0.1, -0.05) is 26.2 Å². The van der Waals surface area contributed by atoms with Crippen molar-refractivity contribution in [1.29, 1.82) is 0 Å². The maximum absolute atomic E-state index is 12.2. The van der Waals surface area contributed by atoms with Crippen molar-refractivity contribution in [3.8, 4) is 0 Å². The number of carboxylic acid groups (broad SMARTS) is 1. The van der Waals surface area contributed by atoms with Crippen LogP contribution < -0.4 is 5.32 Å². The van der Waals surface area contributed by atoms with Crippen LogP contribution in [0.1, 0.15) is 51.9 Å². The lowest BCUT2D eigenvalue weighted by Gasteiger charge is -2.33. The van der Waals surface area contributed by atoms with E-state index in [9.17, 15) is 14.7 Å². The number of carbonyl (C=O) groups excluding carboxylic acids is 1. The van der Waals surface area contributed by atoms with Crippen molar-refractivity contribution in [2.45, 2.75) is 57.9 Å². The van der Waals surface area contributed by atoms with Crippen molar-refractivity contribution in [3.63, 3.8) is 0 Å². The molecule has 5 nitrogen and oxygen atoms in total. The van der Waals surface area contributed by atoms with Crippen LogP contribution in [0.25, 0.3) is 0 Å². The van der Waals surface area contributed by atoms with Crippen LogP contribution in [-0.4, -0.2) is 41.1 Å². The molecular weight excluding hydrogens is 256 g/mol. The minimum absolute atomic E-state index is 0.0916. The molecule has 1 atom stereocenters. The zero-order valence-electron chi connectivity index (χ0n) is 12.3. The molecule has 1 aliphatic heterocycles. The van der Waals surface area contributed by atoms with E-state index in [1.165, 1.54) is 6.42 Å². The molecule has 2 aliphatic rings. The number of hydrogen-bond donors (Lipinski definition) is 2. The standard InChI is InChI=1S/C15H26N2O3/c1-11-7-9-17(10-8-11)15(20)16-13(14(18)19)12-5-3-2-4-6-12/h11-13H,2-10H2,1H3,(H,16,20)(H,18,19). The van der Waals surface area contributed by atoms with Crippen LogP contribution in [0.4, 0.5) is 4.79 Å². The number of nitrogens with zero attached hydrogens (tertiary/aromatic N) is 1. The molecule has 2 amide bonds. The molecule has 1 aliphatic carbocycles. The van der Waals surface area contributed by atoms with E-state index in [1.807, 2.05) is 0 Å². The second-order valence-electron chi connectivity index (χ2n) is 6.33. The highest BCUT2D eigenvalue weighted by atomic mass is 16.4. The topological polar surface area (TPSA) is 69.6 Å². The summed E-state index contributed by atoms with van der Waals surface area (Å²) in [6, 6.07) is -0.919. The van der Waals surface area contributed by atoms with Gasteiger partial charge in [0, 0.05) is 13.1 Å². The number of carboxylic acids is 1. The Morgan fingerprint density at radius 1 is 1.10 bits per heavy atom. The Balaban J connectivity index is 1.90. The molecule has 0 aromatic carbocycles. The number of carbonyl (C=O) groups is 2. The largest absolute Gasteiger partial charge is 0.480 e. The van der Waals surface area contributed by atoms with Gasteiger partial charge in [0.25, 0.3) is 0 Å². The molecule has 114 valence electrons. The lowest BCUT2D eigenvalue weighted by molar-refractivity contribution is -0.141. The zero-order chi connectivity index (χ0) is 14.5. The highest BCUT2D eigenvalue weighted by molar-refractivity contribution is 5.82. The summed E-state index contributed by atoms with van der Waals surface area (Å²) < 4.78 is 0. The zero-order valence-corrected chi connectivity index (χ0v) is 12.3. The summed E-state index contributed by atoms with van der Waals surface area (Å²) in [6.07, 6.45) is 7.17. The van der Waals surface area contributed by atoms with E-state index in [4.69, 9.17) is 0 Å². The van der Waals surface area contributed by atoms with Gasteiger partial charge in [-0.2, -0.15) is 0 Å². The smallest absolute Gasteiger partial charge is 0.326 e. The Hall–Kier alpha value is -1.26. The second-order valence-corrected chi connectivity index (χ2v) is 6.33. The Bertz CT molecular complexity index is 345. The molecular formula is C15H26N2O3. The van der Waals surface area contributed by atoms with Gasteiger partial charge in [0.2, 0.25) is 0 Å². The van der Waals surface area contributed by atoms with E-state index in [1.54, 1.807) is 4.90 Å². The van der Waals surface area contributed by atoms with Crippen LogP contribution in [0.5, 0.6) is 0 Å². The fourth-order valence-electron chi connectivity index (χ4n) is 3.28. The number of urea groups is 1. The quantitative estimate of drug-likeness (QED) is 0.835. The van der Waals surface area contributed by atoms with Crippen molar-refractivity contribution in [2.24, 2.45) is 11.8 Å². The molecule has 20 heavy (non-hydrogen) atoms. The Morgan fingerprint density at radius 2 is 1.70 bits per heavy atom. The third kappa shape index (κ3) is 3.87. The summed E-state index contributed by atoms with van der Waals surface area (Å²) in [4.78, 5) is 25.4. The van der Waals surface area contributed by atoms with Gasteiger partial charge in [-0.05, 0) is 37.5 Å². The van der Waals surface area contributed by atoms with Crippen LogP contribution in [0, 0.1) is 11.8 Å². The van der Waals surface area contributed by atoms with Gasteiger partial charge >= 0.3 is 12.0 Å². The van der Waals surface area contributed by atoms with Gasteiger partial charge in [-0.15, -0.1) is 0 Å². The predicted octanol–water partition coefficient (Wildman–Crippen LogP) is 2.46. The van der Waals surface area contributed by atoms with Gasteiger partial charge in [0.15, 0.2) is 0 Å². The molecule has 2 fully saturated rings. The van der Waals surface area contributed by atoms with Crippen LogP contribution >= 0.6 is 0 Å². The first-order chi connectivity index (χ1) is 9.58. The van der Waals surface area contributed by atoms with Crippen LogP contribution in [-0.2, 0) is 4.79 Å². The van der Waals surface area contributed by atoms with Gasteiger partial charge in [0.05, 0.1) is 0 Å². The third-order valence-corrected chi connectivity index (χ3v) is 4.74. The molecule has 1 heterocycles. The van der Waals surface area contributed by atoms with Gasteiger partial charge in [0.1, 0.15) is 6.04 Å². The maximum atomic E-state index is 12.2. The number of likely N-dealkylation sites (tertiary alicyclic amines) is 1. The predicted molar refractivity (Wildman–Crippen MR) is 76.5 cm³/mol. The minimum atomic E-state index is -0.893.